The maximum Gasteiger partial charge on any atom is 0.251 e. The van der Waals surface area contributed by atoms with E-state index in [9.17, 15) is 22.8 Å². The lowest BCUT2D eigenvalue weighted by atomic mass is 10.2. The van der Waals surface area contributed by atoms with E-state index in [0.717, 1.165) is 0 Å². The first-order chi connectivity index (χ1) is 9.81. The second kappa shape index (κ2) is 7.66. The summed E-state index contributed by atoms with van der Waals surface area (Å²) in [6.07, 6.45) is 0.0462. The molecule has 4 nitrogen and oxygen atoms in total. The molecular weight excluding hydrogens is 285 g/mol. The lowest BCUT2D eigenvalue weighted by Crippen LogP contribution is -2.32. The second-order valence-corrected chi connectivity index (χ2v) is 4.96. The van der Waals surface area contributed by atoms with Gasteiger partial charge in [0, 0.05) is 25.1 Å². The molecule has 7 heteroatoms. The van der Waals surface area contributed by atoms with Gasteiger partial charge in [0.1, 0.15) is 0 Å². The predicted molar refractivity (Wildman–Crippen MR) is 71.1 cm³/mol. The Balaban J connectivity index is 2.46. The van der Waals surface area contributed by atoms with Crippen molar-refractivity contribution in [2.45, 2.75) is 20.3 Å². The SMILES string of the molecule is CC(C)CNC(=O)CCNC(=O)c1cc(F)c(F)c(F)c1. The van der Waals surface area contributed by atoms with Gasteiger partial charge in [-0.3, -0.25) is 9.59 Å². The van der Waals surface area contributed by atoms with E-state index in [4.69, 9.17) is 0 Å². The maximum atomic E-state index is 13.0. The van der Waals surface area contributed by atoms with Gasteiger partial charge < -0.3 is 10.6 Å². The van der Waals surface area contributed by atoms with Crippen LogP contribution in [0.5, 0.6) is 0 Å². The Morgan fingerprint density at radius 3 is 2.19 bits per heavy atom. The lowest BCUT2D eigenvalue weighted by molar-refractivity contribution is -0.121. The summed E-state index contributed by atoms with van der Waals surface area (Å²) in [5, 5.41) is 5.00. The van der Waals surface area contributed by atoms with Crippen molar-refractivity contribution in [3.05, 3.63) is 35.1 Å². The minimum atomic E-state index is -1.63. The van der Waals surface area contributed by atoms with Crippen molar-refractivity contribution in [2.24, 2.45) is 5.92 Å². The molecule has 0 fully saturated rings. The molecule has 1 aromatic rings. The van der Waals surface area contributed by atoms with Crippen LogP contribution in [0.25, 0.3) is 0 Å². The first kappa shape index (κ1) is 17.0. The highest BCUT2D eigenvalue weighted by Crippen LogP contribution is 2.13. The molecule has 2 N–H and O–H groups in total. The Morgan fingerprint density at radius 1 is 1.10 bits per heavy atom. The average molecular weight is 302 g/mol. The number of halogens is 3. The normalized spacial score (nSPS) is 10.6. The molecule has 0 spiro atoms. The molecule has 21 heavy (non-hydrogen) atoms. The van der Waals surface area contributed by atoms with E-state index in [0.29, 0.717) is 24.6 Å². The van der Waals surface area contributed by atoms with Gasteiger partial charge in [-0.05, 0) is 18.1 Å². The third-order valence-corrected chi connectivity index (χ3v) is 2.59. The summed E-state index contributed by atoms with van der Waals surface area (Å²) in [6.45, 7) is 4.43. The molecule has 0 atom stereocenters. The number of benzene rings is 1. The van der Waals surface area contributed by atoms with Crippen LogP contribution in [0.4, 0.5) is 13.2 Å². The monoisotopic (exact) mass is 302 g/mol. The molecule has 116 valence electrons. The summed E-state index contributed by atoms with van der Waals surface area (Å²) in [7, 11) is 0. The summed E-state index contributed by atoms with van der Waals surface area (Å²) >= 11 is 0. The van der Waals surface area contributed by atoms with Crippen molar-refractivity contribution in [1.29, 1.82) is 0 Å². The van der Waals surface area contributed by atoms with Crippen LogP contribution in [-0.2, 0) is 4.79 Å². The van der Waals surface area contributed by atoms with E-state index in [2.05, 4.69) is 10.6 Å². The van der Waals surface area contributed by atoms with Gasteiger partial charge in [-0.25, -0.2) is 13.2 Å². The number of nitrogens with one attached hydrogen (secondary N) is 2. The number of amides is 2. The number of carbonyl (C=O) groups excluding carboxylic acids is 2. The van der Waals surface area contributed by atoms with Crippen LogP contribution in [0.2, 0.25) is 0 Å². The van der Waals surface area contributed by atoms with Crippen molar-refractivity contribution >= 4 is 11.8 Å². The lowest BCUT2D eigenvalue weighted by Gasteiger charge is -2.08. The molecule has 1 rings (SSSR count). The van der Waals surface area contributed by atoms with Crippen molar-refractivity contribution in [3.8, 4) is 0 Å². The fourth-order valence-electron chi connectivity index (χ4n) is 1.48. The van der Waals surface area contributed by atoms with Gasteiger partial charge in [-0.15, -0.1) is 0 Å². The average Bonchev–Trinajstić information content (AvgIpc) is 2.41. The van der Waals surface area contributed by atoms with Gasteiger partial charge in [0.25, 0.3) is 5.91 Å². The number of hydrogen-bond donors (Lipinski definition) is 2. The smallest absolute Gasteiger partial charge is 0.251 e. The molecule has 0 aliphatic carbocycles. The molecule has 1 aromatic carbocycles. The van der Waals surface area contributed by atoms with Crippen molar-refractivity contribution in [2.75, 3.05) is 13.1 Å². The van der Waals surface area contributed by atoms with Crippen LogP contribution >= 0.6 is 0 Å². The number of hydrogen-bond acceptors (Lipinski definition) is 2. The van der Waals surface area contributed by atoms with Gasteiger partial charge in [-0.1, -0.05) is 13.8 Å². The van der Waals surface area contributed by atoms with Crippen molar-refractivity contribution < 1.29 is 22.8 Å². The zero-order valence-corrected chi connectivity index (χ0v) is 11.8. The van der Waals surface area contributed by atoms with Gasteiger partial charge in [0.2, 0.25) is 5.91 Å². The van der Waals surface area contributed by atoms with Crippen LogP contribution in [0, 0.1) is 23.4 Å². The van der Waals surface area contributed by atoms with Crippen LogP contribution in [0.15, 0.2) is 12.1 Å². The molecule has 0 aliphatic heterocycles. The Bertz CT molecular complexity index is 510. The summed E-state index contributed by atoms with van der Waals surface area (Å²) in [5.74, 6) is -5.19. The fourth-order valence-corrected chi connectivity index (χ4v) is 1.48. The fraction of sp³-hybridized carbons (Fsp3) is 0.429. The topological polar surface area (TPSA) is 58.2 Å². The molecule has 0 aromatic heterocycles. The molecule has 0 radical (unpaired) electrons. The highest BCUT2D eigenvalue weighted by molar-refractivity contribution is 5.94. The first-order valence-corrected chi connectivity index (χ1v) is 6.50. The Kier molecular flexibility index (Phi) is 6.20. The van der Waals surface area contributed by atoms with Gasteiger partial charge >= 0.3 is 0 Å². The zero-order valence-electron chi connectivity index (χ0n) is 11.8. The number of carbonyl (C=O) groups is 2. The van der Waals surface area contributed by atoms with Crippen LogP contribution < -0.4 is 10.6 Å². The standard InChI is InChI=1S/C14H17F3N2O2/c1-8(2)7-19-12(20)3-4-18-14(21)9-5-10(15)13(17)11(16)6-9/h5-6,8H,3-4,7H2,1-2H3,(H,18,21)(H,19,20). The predicted octanol–water partition coefficient (Wildman–Crippen LogP) is 2.00. The Labute approximate surface area is 120 Å². The molecule has 0 unspecified atom stereocenters. The summed E-state index contributed by atoms with van der Waals surface area (Å²) < 4.78 is 38.7. The molecule has 0 saturated carbocycles. The van der Waals surface area contributed by atoms with Crippen LogP contribution in [0.1, 0.15) is 30.6 Å². The minimum Gasteiger partial charge on any atom is -0.356 e. The van der Waals surface area contributed by atoms with Gasteiger partial charge in [0.15, 0.2) is 17.5 Å². The van der Waals surface area contributed by atoms with E-state index in [1.807, 2.05) is 13.8 Å². The van der Waals surface area contributed by atoms with E-state index in [1.54, 1.807) is 0 Å². The van der Waals surface area contributed by atoms with Crippen molar-refractivity contribution in [3.63, 3.8) is 0 Å². The van der Waals surface area contributed by atoms with Crippen molar-refractivity contribution in [1.82, 2.24) is 10.6 Å². The zero-order chi connectivity index (χ0) is 16.0. The third-order valence-electron chi connectivity index (χ3n) is 2.59. The molecule has 0 saturated heterocycles. The van der Waals surface area contributed by atoms with E-state index < -0.39 is 23.4 Å². The molecule has 2 amide bonds. The molecule has 0 aliphatic rings. The first-order valence-electron chi connectivity index (χ1n) is 6.50. The van der Waals surface area contributed by atoms with E-state index >= 15 is 0 Å². The van der Waals surface area contributed by atoms with Gasteiger partial charge in [0.05, 0.1) is 0 Å². The van der Waals surface area contributed by atoms with Gasteiger partial charge in [-0.2, -0.15) is 0 Å². The third kappa shape index (κ3) is 5.45. The summed E-state index contributed by atoms with van der Waals surface area (Å²) in [5.41, 5.74) is -0.339. The Hall–Kier alpha value is -2.05. The largest absolute Gasteiger partial charge is 0.356 e. The van der Waals surface area contributed by atoms with E-state index in [1.165, 1.54) is 0 Å². The minimum absolute atomic E-state index is 0.0172. The van der Waals surface area contributed by atoms with E-state index in [-0.39, 0.29) is 24.4 Å². The molecule has 0 heterocycles. The van der Waals surface area contributed by atoms with Crippen LogP contribution in [-0.4, -0.2) is 24.9 Å². The Morgan fingerprint density at radius 2 is 1.67 bits per heavy atom. The highest BCUT2D eigenvalue weighted by atomic mass is 19.2. The molecular formula is C14H17F3N2O2. The van der Waals surface area contributed by atoms with Crippen LogP contribution in [0.3, 0.4) is 0 Å². The quantitative estimate of drug-likeness (QED) is 0.790. The number of rotatable bonds is 6. The summed E-state index contributed by atoms with van der Waals surface area (Å²) in [4.78, 5) is 23.0. The summed E-state index contributed by atoms with van der Waals surface area (Å²) in [6, 6.07) is 1.21. The maximum absolute atomic E-state index is 13.0. The highest BCUT2D eigenvalue weighted by Gasteiger charge is 2.15. The molecule has 0 bridgehead atoms. The second-order valence-electron chi connectivity index (χ2n) is 4.96.